The molecule has 1 atom stereocenters. The van der Waals surface area contributed by atoms with Crippen molar-refractivity contribution in [2.75, 3.05) is 13.2 Å². The van der Waals surface area contributed by atoms with Crippen molar-refractivity contribution < 1.29 is 19.4 Å². The maximum absolute atomic E-state index is 13.5. The van der Waals surface area contributed by atoms with Crippen LogP contribution in [0.25, 0.3) is 0 Å². The molecule has 1 fully saturated rings. The number of rotatable bonds is 6. The molecule has 37 heavy (non-hydrogen) atoms. The van der Waals surface area contributed by atoms with E-state index in [2.05, 4.69) is 6.07 Å². The summed E-state index contributed by atoms with van der Waals surface area (Å²) in [7, 11) is 0. The number of nitrogens with one attached hydrogen (secondary N) is 1. The predicted molar refractivity (Wildman–Crippen MR) is 144 cm³/mol. The number of carbonyl (C=O) groups excluding carboxylic acids is 1. The molecule has 2 aliphatic rings. The number of hydrogen-bond acceptors (Lipinski definition) is 6. The van der Waals surface area contributed by atoms with Crippen LogP contribution in [0.15, 0.2) is 18.2 Å². The Morgan fingerprint density at radius 1 is 1.14 bits per heavy atom. The number of fused-ring (bicyclic) bond motifs is 1. The van der Waals surface area contributed by atoms with Gasteiger partial charge in [-0.2, -0.15) is 0 Å². The second kappa shape index (κ2) is 10.2. The summed E-state index contributed by atoms with van der Waals surface area (Å²) >= 11 is 0. The van der Waals surface area contributed by atoms with E-state index in [0.717, 1.165) is 53.8 Å². The van der Waals surface area contributed by atoms with Crippen molar-refractivity contribution in [1.82, 2.24) is 9.88 Å². The van der Waals surface area contributed by atoms with Crippen molar-refractivity contribution in [3.63, 3.8) is 0 Å². The first-order valence-electron chi connectivity index (χ1n) is 13.2. The van der Waals surface area contributed by atoms with Gasteiger partial charge in [-0.1, -0.05) is 41.5 Å². The van der Waals surface area contributed by atoms with Gasteiger partial charge in [-0.05, 0) is 60.8 Å². The number of pyridine rings is 1. The van der Waals surface area contributed by atoms with Crippen LogP contribution in [-0.2, 0) is 33.5 Å². The zero-order valence-electron chi connectivity index (χ0n) is 23.3. The highest BCUT2D eigenvalue weighted by molar-refractivity contribution is 6.04. The van der Waals surface area contributed by atoms with Crippen molar-refractivity contribution in [2.24, 2.45) is 0 Å². The number of aromatic nitrogens is 1. The van der Waals surface area contributed by atoms with Crippen molar-refractivity contribution in [2.45, 2.75) is 98.0 Å². The molecule has 0 radical (unpaired) electrons. The van der Waals surface area contributed by atoms with Gasteiger partial charge < -0.3 is 19.5 Å². The molecule has 0 amide bonds. The molecule has 7 nitrogen and oxygen atoms in total. The first kappa shape index (κ1) is 27.3. The van der Waals surface area contributed by atoms with E-state index in [9.17, 15) is 9.90 Å². The standard InChI is InChI=1S/C30H41N3O4/c1-18-21(17-37-25-10-8-9-11-36-25)12-20-15-33(28(31)26(20)32-18)16-24(34)19-13-22(29(2,3)4)27(35)23(14-19)30(5,6)7/h12-14,25,31,35H,8-11,15-17H2,1-7H3. The highest BCUT2D eigenvalue weighted by Gasteiger charge is 2.31. The molecule has 0 spiro atoms. The number of Topliss-reactive ketones (excluding diaryl/α,β-unsaturated/α-hetero) is 1. The summed E-state index contributed by atoms with van der Waals surface area (Å²) in [5.41, 5.74) is 4.80. The van der Waals surface area contributed by atoms with Crippen LogP contribution in [0.3, 0.4) is 0 Å². The molecule has 0 saturated carbocycles. The third-order valence-corrected chi connectivity index (χ3v) is 7.24. The van der Waals surface area contributed by atoms with Gasteiger partial charge in [0.25, 0.3) is 0 Å². The van der Waals surface area contributed by atoms with Crippen LogP contribution >= 0.6 is 0 Å². The fraction of sp³-hybridized carbons (Fsp3) is 0.567. The average molecular weight is 508 g/mol. The Kier molecular flexibility index (Phi) is 7.50. The largest absolute Gasteiger partial charge is 0.507 e. The Morgan fingerprint density at radius 3 is 2.35 bits per heavy atom. The molecule has 1 aromatic carbocycles. The van der Waals surface area contributed by atoms with Gasteiger partial charge in [0, 0.05) is 41.1 Å². The number of phenolic OH excluding ortho intramolecular Hbond substituents is 1. The third kappa shape index (κ3) is 5.88. The van der Waals surface area contributed by atoms with Crippen LogP contribution in [0.5, 0.6) is 5.75 Å². The first-order chi connectivity index (χ1) is 17.3. The normalized spacial score (nSPS) is 18.3. The minimum absolute atomic E-state index is 0.0773. The molecule has 2 aromatic rings. The Hall–Kier alpha value is -2.77. The highest BCUT2D eigenvalue weighted by atomic mass is 16.7. The van der Waals surface area contributed by atoms with Crippen LogP contribution < -0.4 is 0 Å². The molecule has 2 N–H and O–H groups in total. The minimum atomic E-state index is -0.320. The summed E-state index contributed by atoms with van der Waals surface area (Å²) in [6.07, 6.45) is 2.93. The smallest absolute Gasteiger partial charge is 0.182 e. The van der Waals surface area contributed by atoms with Crippen LogP contribution in [0.2, 0.25) is 0 Å². The third-order valence-electron chi connectivity index (χ3n) is 7.24. The van der Waals surface area contributed by atoms with Crippen LogP contribution in [0, 0.1) is 12.3 Å². The molecule has 1 unspecified atom stereocenters. The first-order valence-corrected chi connectivity index (χ1v) is 13.2. The predicted octanol–water partition coefficient (Wildman–Crippen LogP) is 5.76. The van der Waals surface area contributed by atoms with Crippen LogP contribution in [0.1, 0.15) is 105 Å². The number of amidine groups is 1. The van der Waals surface area contributed by atoms with E-state index in [-0.39, 0.29) is 41.0 Å². The molecular formula is C30H41N3O4. The van der Waals surface area contributed by atoms with E-state index in [1.54, 1.807) is 4.90 Å². The lowest BCUT2D eigenvalue weighted by Crippen LogP contribution is -2.31. The molecule has 200 valence electrons. The molecule has 3 heterocycles. The number of aromatic hydroxyl groups is 1. The van der Waals surface area contributed by atoms with Gasteiger partial charge in [0.05, 0.1) is 13.2 Å². The molecule has 0 bridgehead atoms. The summed E-state index contributed by atoms with van der Waals surface area (Å²) in [4.78, 5) is 20.0. The zero-order chi connectivity index (χ0) is 27.1. The molecule has 4 rings (SSSR count). The SMILES string of the molecule is Cc1nc2c(cc1COC1CCCCO1)CN(CC(=O)c1cc(C(C)(C)C)c(O)c(C(C)(C)C)c1)C2=N. The number of nitrogens with zero attached hydrogens (tertiary/aromatic N) is 2. The zero-order valence-corrected chi connectivity index (χ0v) is 23.3. The summed E-state index contributed by atoms with van der Waals surface area (Å²) in [6.45, 7) is 15.8. The molecular weight excluding hydrogens is 466 g/mol. The maximum Gasteiger partial charge on any atom is 0.182 e. The number of hydrogen-bond donors (Lipinski definition) is 2. The van der Waals surface area contributed by atoms with Gasteiger partial charge in [0.2, 0.25) is 0 Å². The second-order valence-corrected chi connectivity index (χ2v) is 12.4. The second-order valence-electron chi connectivity index (χ2n) is 12.4. The van der Waals surface area contributed by atoms with Gasteiger partial charge in [0.15, 0.2) is 12.1 Å². The van der Waals surface area contributed by atoms with Crippen LogP contribution in [-0.4, -0.2) is 46.1 Å². The number of carbonyl (C=O) groups is 1. The molecule has 7 heteroatoms. The number of aryl methyl sites for hydroxylation is 1. The Morgan fingerprint density at radius 2 is 1.78 bits per heavy atom. The van der Waals surface area contributed by atoms with Crippen molar-refractivity contribution in [1.29, 1.82) is 5.41 Å². The van der Waals surface area contributed by atoms with E-state index in [1.807, 2.05) is 60.6 Å². The van der Waals surface area contributed by atoms with Crippen molar-refractivity contribution >= 4 is 11.6 Å². The number of benzene rings is 1. The Labute approximate surface area is 220 Å². The summed E-state index contributed by atoms with van der Waals surface area (Å²) < 4.78 is 11.6. The maximum atomic E-state index is 13.5. The lowest BCUT2D eigenvalue weighted by Gasteiger charge is -2.28. The van der Waals surface area contributed by atoms with Gasteiger partial charge in [0.1, 0.15) is 17.3 Å². The van der Waals surface area contributed by atoms with Crippen molar-refractivity contribution in [3.05, 3.63) is 57.4 Å². The fourth-order valence-corrected chi connectivity index (χ4v) is 4.96. The summed E-state index contributed by atoms with van der Waals surface area (Å²) in [5, 5.41) is 19.7. The summed E-state index contributed by atoms with van der Waals surface area (Å²) in [5.74, 6) is 0.439. The van der Waals surface area contributed by atoms with Crippen molar-refractivity contribution in [3.8, 4) is 5.75 Å². The van der Waals surface area contributed by atoms with E-state index < -0.39 is 0 Å². The average Bonchev–Trinajstić information content (AvgIpc) is 3.10. The number of ether oxygens (including phenoxy) is 2. The number of ketones is 1. The fourth-order valence-electron chi connectivity index (χ4n) is 4.96. The molecule has 1 aromatic heterocycles. The quantitative estimate of drug-likeness (QED) is 0.483. The topological polar surface area (TPSA) is 95.7 Å². The highest BCUT2D eigenvalue weighted by Crippen LogP contribution is 2.40. The lowest BCUT2D eigenvalue weighted by molar-refractivity contribution is -0.169. The monoisotopic (exact) mass is 507 g/mol. The molecule has 1 saturated heterocycles. The number of phenols is 1. The van der Waals surface area contributed by atoms with Gasteiger partial charge in [-0.15, -0.1) is 0 Å². The lowest BCUT2D eigenvalue weighted by atomic mass is 9.78. The molecule has 2 aliphatic heterocycles. The van der Waals surface area contributed by atoms with E-state index >= 15 is 0 Å². The summed E-state index contributed by atoms with van der Waals surface area (Å²) in [6, 6.07) is 5.67. The Balaban J connectivity index is 1.53. The Bertz CT molecular complexity index is 1170. The minimum Gasteiger partial charge on any atom is -0.507 e. The van der Waals surface area contributed by atoms with Gasteiger partial charge in [-0.25, -0.2) is 4.98 Å². The van der Waals surface area contributed by atoms with Gasteiger partial charge >= 0.3 is 0 Å². The molecule has 0 aliphatic carbocycles. The van der Waals surface area contributed by atoms with Crippen LogP contribution in [0.4, 0.5) is 0 Å². The van der Waals surface area contributed by atoms with E-state index in [1.165, 1.54) is 0 Å². The van der Waals surface area contributed by atoms with E-state index in [0.29, 0.717) is 24.4 Å². The van der Waals surface area contributed by atoms with E-state index in [4.69, 9.17) is 19.9 Å². The van der Waals surface area contributed by atoms with Gasteiger partial charge in [-0.3, -0.25) is 10.2 Å².